The lowest BCUT2D eigenvalue weighted by Crippen LogP contribution is -2.47. The number of carbonyl (C=O) groups excluding carboxylic acids is 1. The largest absolute Gasteiger partial charge is 0.367 e. The van der Waals surface area contributed by atoms with Crippen molar-refractivity contribution < 1.29 is 4.79 Å². The molecule has 4 rings (SSSR count). The predicted molar refractivity (Wildman–Crippen MR) is 106 cm³/mol. The zero-order valence-electron chi connectivity index (χ0n) is 15.4. The van der Waals surface area contributed by atoms with E-state index in [1.54, 1.807) is 31.0 Å². The van der Waals surface area contributed by atoms with Crippen molar-refractivity contribution in [2.75, 3.05) is 36.0 Å². The average molecular weight is 375 g/mol. The normalized spacial score (nSPS) is 14.0. The number of hydrogen-bond acceptors (Lipinski definition) is 7. The van der Waals surface area contributed by atoms with Crippen molar-refractivity contribution in [3.05, 3.63) is 72.6 Å². The summed E-state index contributed by atoms with van der Waals surface area (Å²) < 4.78 is 0. The number of rotatable bonds is 5. The summed E-state index contributed by atoms with van der Waals surface area (Å²) in [5.41, 5.74) is 2.31. The Kier molecular flexibility index (Phi) is 5.37. The number of hydrogen-bond donors (Lipinski definition) is 1. The minimum Gasteiger partial charge on any atom is -0.367 e. The van der Waals surface area contributed by atoms with Gasteiger partial charge in [-0.05, 0) is 24.3 Å². The molecular weight excluding hydrogens is 354 g/mol. The Hall–Kier alpha value is -3.55. The Labute approximate surface area is 163 Å². The fourth-order valence-electron chi connectivity index (χ4n) is 3.12. The van der Waals surface area contributed by atoms with Crippen molar-refractivity contribution >= 4 is 17.5 Å². The first kappa shape index (κ1) is 17.8. The van der Waals surface area contributed by atoms with E-state index in [-0.39, 0.29) is 5.91 Å². The topological polar surface area (TPSA) is 87.1 Å². The third kappa shape index (κ3) is 4.22. The molecule has 1 aliphatic heterocycles. The lowest BCUT2D eigenvalue weighted by atomic mass is 10.2. The van der Waals surface area contributed by atoms with Crippen LogP contribution in [-0.4, -0.2) is 52.0 Å². The first-order valence-electron chi connectivity index (χ1n) is 9.20. The molecule has 142 valence electrons. The average Bonchev–Trinajstić information content (AvgIpc) is 2.79. The van der Waals surface area contributed by atoms with Crippen LogP contribution in [0.4, 0.5) is 11.6 Å². The van der Waals surface area contributed by atoms with Gasteiger partial charge in [0.15, 0.2) is 0 Å². The van der Waals surface area contributed by atoms with E-state index >= 15 is 0 Å². The van der Waals surface area contributed by atoms with Crippen molar-refractivity contribution in [1.82, 2.24) is 25.3 Å². The highest BCUT2D eigenvalue weighted by Gasteiger charge is 2.20. The molecule has 3 aromatic rings. The van der Waals surface area contributed by atoms with Gasteiger partial charge in [-0.2, -0.15) is 0 Å². The third-order valence-corrected chi connectivity index (χ3v) is 4.62. The van der Waals surface area contributed by atoms with Crippen LogP contribution in [0.15, 0.2) is 61.3 Å². The number of pyridine rings is 2. The minimum absolute atomic E-state index is 0.156. The maximum Gasteiger partial charge on any atom is 0.253 e. The van der Waals surface area contributed by atoms with Crippen molar-refractivity contribution in [1.29, 1.82) is 0 Å². The smallest absolute Gasteiger partial charge is 0.253 e. The van der Waals surface area contributed by atoms with E-state index in [0.717, 1.165) is 43.5 Å². The summed E-state index contributed by atoms with van der Waals surface area (Å²) in [5.74, 6) is 0.597. The Bertz CT molecular complexity index is 912. The van der Waals surface area contributed by atoms with Crippen LogP contribution in [0.25, 0.3) is 0 Å². The van der Waals surface area contributed by atoms with Gasteiger partial charge in [-0.1, -0.05) is 6.07 Å². The molecule has 1 fully saturated rings. The second-order valence-corrected chi connectivity index (χ2v) is 6.46. The number of nitrogens with one attached hydrogen (secondary N) is 1. The van der Waals surface area contributed by atoms with E-state index in [1.807, 2.05) is 30.3 Å². The van der Waals surface area contributed by atoms with Gasteiger partial charge in [0.25, 0.3) is 5.91 Å². The van der Waals surface area contributed by atoms with Crippen LogP contribution < -0.4 is 15.1 Å². The molecule has 0 saturated carbocycles. The first-order valence-corrected chi connectivity index (χ1v) is 9.20. The summed E-state index contributed by atoms with van der Waals surface area (Å²) in [6, 6.07) is 9.33. The number of piperazine rings is 1. The van der Waals surface area contributed by atoms with Crippen LogP contribution in [0.3, 0.4) is 0 Å². The third-order valence-electron chi connectivity index (χ3n) is 4.62. The Morgan fingerprint density at radius 3 is 2.43 bits per heavy atom. The van der Waals surface area contributed by atoms with Gasteiger partial charge in [0.2, 0.25) is 5.95 Å². The molecule has 0 aliphatic carbocycles. The van der Waals surface area contributed by atoms with Gasteiger partial charge in [0.05, 0.1) is 29.7 Å². The van der Waals surface area contributed by atoms with Gasteiger partial charge in [-0.3, -0.25) is 14.8 Å². The predicted octanol–water partition coefficient (Wildman–Crippen LogP) is 1.52. The molecule has 0 spiro atoms. The molecule has 3 aromatic heterocycles. The first-order chi connectivity index (χ1) is 13.8. The number of amides is 1. The SMILES string of the molecule is O=C(NCc1ccccn1)c1cncc(N2CCN(c3ncccn3)CC2)c1. The molecule has 1 amide bonds. The summed E-state index contributed by atoms with van der Waals surface area (Å²) in [7, 11) is 0. The van der Waals surface area contributed by atoms with Crippen molar-refractivity contribution in [3.8, 4) is 0 Å². The highest BCUT2D eigenvalue weighted by Crippen LogP contribution is 2.18. The van der Waals surface area contributed by atoms with Crippen LogP contribution in [-0.2, 0) is 6.54 Å². The molecule has 0 aromatic carbocycles. The van der Waals surface area contributed by atoms with E-state index in [0.29, 0.717) is 12.1 Å². The quantitative estimate of drug-likeness (QED) is 0.723. The van der Waals surface area contributed by atoms with Gasteiger partial charge >= 0.3 is 0 Å². The molecule has 0 radical (unpaired) electrons. The Morgan fingerprint density at radius 2 is 1.68 bits per heavy atom. The van der Waals surface area contributed by atoms with Crippen LogP contribution in [0, 0.1) is 0 Å². The monoisotopic (exact) mass is 375 g/mol. The van der Waals surface area contributed by atoms with Crippen LogP contribution in [0.2, 0.25) is 0 Å². The summed E-state index contributed by atoms with van der Waals surface area (Å²) in [5, 5.41) is 2.89. The second-order valence-electron chi connectivity index (χ2n) is 6.46. The van der Waals surface area contributed by atoms with Crippen LogP contribution >= 0.6 is 0 Å². The van der Waals surface area contributed by atoms with Gasteiger partial charge in [-0.15, -0.1) is 0 Å². The number of carbonyl (C=O) groups is 1. The second kappa shape index (κ2) is 8.43. The summed E-state index contributed by atoms with van der Waals surface area (Å²) >= 11 is 0. The van der Waals surface area contributed by atoms with E-state index < -0.39 is 0 Å². The lowest BCUT2D eigenvalue weighted by Gasteiger charge is -2.35. The zero-order valence-corrected chi connectivity index (χ0v) is 15.4. The zero-order chi connectivity index (χ0) is 19.2. The van der Waals surface area contributed by atoms with Gasteiger partial charge in [0.1, 0.15) is 0 Å². The molecule has 1 N–H and O–H groups in total. The van der Waals surface area contributed by atoms with Crippen molar-refractivity contribution in [2.24, 2.45) is 0 Å². The fraction of sp³-hybridized carbons (Fsp3) is 0.250. The molecule has 28 heavy (non-hydrogen) atoms. The summed E-state index contributed by atoms with van der Waals surface area (Å²) in [6.07, 6.45) is 8.61. The van der Waals surface area contributed by atoms with Crippen molar-refractivity contribution in [3.63, 3.8) is 0 Å². The molecule has 1 saturated heterocycles. The molecule has 4 heterocycles. The maximum atomic E-state index is 12.5. The van der Waals surface area contributed by atoms with Gasteiger partial charge < -0.3 is 15.1 Å². The highest BCUT2D eigenvalue weighted by molar-refractivity contribution is 5.94. The molecular formula is C20H21N7O. The van der Waals surface area contributed by atoms with E-state index in [1.165, 1.54) is 0 Å². The van der Waals surface area contributed by atoms with E-state index in [4.69, 9.17) is 0 Å². The van der Waals surface area contributed by atoms with Crippen molar-refractivity contribution in [2.45, 2.75) is 6.54 Å². The molecule has 0 bridgehead atoms. The Balaban J connectivity index is 1.37. The van der Waals surface area contributed by atoms with Crippen LogP contribution in [0.1, 0.15) is 16.1 Å². The van der Waals surface area contributed by atoms with Gasteiger partial charge in [0, 0.05) is 51.0 Å². The standard InChI is InChI=1S/C20H21N7O/c28-19(25-14-17-4-1-2-5-22-17)16-12-18(15-21-13-16)26-8-10-27(11-9-26)20-23-6-3-7-24-20/h1-7,12-13,15H,8-11,14H2,(H,25,28). The Morgan fingerprint density at radius 1 is 0.929 bits per heavy atom. The number of aromatic nitrogens is 4. The molecule has 0 atom stereocenters. The van der Waals surface area contributed by atoms with Crippen LogP contribution in [0.5, 0.6) is 0 Å². The van der Waals surface area contributed by atoms with E-state index in [2.05, 4.69) is 35.1 Å². The summed E-state index contributed by atoms with van der Waals surface area (Å²) in [6.45, 7) is 3.66. The number of anilines is 2. The van der Waals surface area contributed by atoms with Gasteiger partial charge in [-0.25, -0.2) is 9.97 Å². The summed E-state index contributed by atoms with van der Waals surface area (Å²) in [4.78, 5) is 33.9. The molecule has 0 unspecified atom stereocenters. The lowest BCUT2D eigenvalue weighted by molar-refractivity contribution is 0.0950. The molecule has 1 aliphatic rings. The number of nitrogens with zero attached hydrogens (tertiary/aromatic N) is 6. The van der Waals surface area contributed by atoms with E-state index in [9.17, 15) is 4.79 Å². The fourth-order valence-corrected chi connectivity index (χ4v) is 3.12. The maximum absolute atomic E-state index is 12.5. The molecule has 8 nitrogen and oxygen atoms in total. The highest BCUT2D eigenvalue weighted by atomic mass is 16.1. The molecule has 8 heteroatoms. The minimum atomic E-state index is -0.156.